The number of hydrazine groups is 1. The second kappa shape index (κ2) is 4.40. The summed E-state index contributed by atoms with van der Waals surface area (Å²) in [5, 5.41) is 0. The molecular weight excluding hydrogens is 208 g/mol. The van der Waals surface area contributed by atoms with Gasteiger partial charge in [-0.1, -0.05) is 42.5 Å². The van der Waals surface area contributed by atoms with Crippen LogP contribution >= 0.6 is 12.2 Å². The van der Waals surface area contributed by atoms with E-state index in [1.165, 1.54) is 0 Å². The lowest BCUT2D eigenvalue weighted by molar-refractivity contribution is -0.122. The Morgan fingerprint density at radius 2 is 1.87 bits per heavy atom. The van der Waals surface area contributed by atoms with E-state index in [1.807, 2.05) is 30.3 Å². The monoisotopic (exact) mass is 220 g/mol. The van der Waals surface area contributed by atoms with E-state index >= 15 is 0 Å². The topological polar surface area (TPSA) is 41.1 Å². The zero-order chi connectivity index (χ0) is 10.7. The normalized spacial score (nSPS) is 14.4. The van der Waals surface area contributed by atoms with Crippen molar-refractivity contribution in [2.24, 2.45) is 5.92 Å². The van der Waals surface area contributed by atoms with E-state index in [2.05, 4.69) is 10.9 Å². The van der Waals surface area contributed by atoms with Gasteiger partial charge in [0, 0.05) is 11.5 Å². The molecule has 1 saturated carbocycles. The minimum atomic E-state index is 0.0354. The molecule has 2 N–H and O–H groups in total. The molecule has 1 aliphatic rings. The molecule has 15 heavy (non-hydrogen) atoms. The predicted molar refractivity (Wildman–Crippen MR) is 62.1 cm³/mol. The molecule has 0 atom stereocenters. The lowest BCUT2D eigenvalue weighted by atomic mass is 10.2. The highest BCUT2D eigenvalue weighted by atomic mass is 32.1. The van der Waals surface area contributed by atoms with E-state index in [1.54, 1.807) is 0 Å². The van der Waals surface area contributed by atoms with Crippen LogP contribution in [0.15, 0.2) is 30.3 Å². The number of rotatable bonds is 2. The van der Waals surface area contributed by atoms with Crippen LogP contribution in [0.2, 0.25) is 0 Å². The molecule has 4 heteroatoms. The number of hydrogen-bond acceptors (Lipinski definition) is 2. The van der Waals surface area contributed by atoms with Gasteiger partial charge in [-0.2, -0.15) is 0 Å². The zero-order valence-electron chi connectivity index (χ0n) is 8.19. The maximum atomic E-state index is 11.3. The second-order valence-electron chi connectivity index (χ2n) is 3.58. The molecule has 1 fully saturated rings. The second-order valence-corrected chi connectivity index (χ2v) is 3.99. The third-order valence-corrected chi connectivity index (χ3v) is 2.62. The van der Waals surface area contributed by atoms with Crippen molar-refractivity contribution < 1.29 is 4.79 Å². The first-order valence-electron chi connectivity index (χ1n) is 4.92. The van der Waals surface area contributed by atoms with E-state index < -0.39 is 0 Å². The molecule has 0 unspecified atom stereocenters. The average Bonchev–Trinajstić information content (AvgIpc) is 3.10. The van der Waals surface area contributed by atoms with Crippen molar-refractivity contribution in [2.45, 2.75) is 12.8 Å². The molecule has 1 amide bonds. The first-order chi connectivity index (χ1) is 7.27. The highest BCUT2D eigenvalue weighted by molar-refractivity contribution is 7.80. The molecule has 1 aromatic carbocycles. The van der Waals surface area contributed by atoms with E-state index in [0.29, 0.717) is 4.99 Å². The van der Waals surface area contributed by atoms with Crippen LogP contribution in [0.3, 0.4) is 0 Å². The van der Waals surface area contributed by atoms with Gasteiger partial charge in [0.2, 0.25) is 5.91 Å². The van der Waals surface area contributed by atoms with Crippen molar-refractivity contribution in [3.05, 3.63) is 35.9 Å². The summed E-state index contributed by atoms with van der Waals surface area (Å²) < 4.78 is 0. The van der Waals surface area contributed by atoms with Gasteiger partial charge in [-0.15, -0.1) is 0 Å². The van der Waals surface area contributed by atoms with Crippen LogP contribution in [0, 0.1) is 5.92 Å². The molecule has 1 aromatic rings. The standard InChI is InChI=1S/C11H12N2OS/c14-10(8-6-7-8)12-13-11(15)9-4-2-1-3-5-9/h1-5,8H,6-7H2,(H,12,14)(H,13,15). The fraction of sp³-hybridized carbons (Fsp3) is 0.273. The first-order valence-corrected chi connectivity index (χ1v) is 5.33. The molecule has 0 aromatic heterocycles. The van der Waals surface area contributed by atoms with Crippen molar-refractivity contribution >= 4 is 23.1 Å². The van der Waals surface area contributed by atoms with Gasteiger partial charge in [0.05, 0.1) is 0 Å². The third kappa shape index (κ3) is 2.76. The summed E-state index contributed by atoms with van der Waals surface area (Å²) in [6.45, 7) is 0. The first kappa shape index (κ1) is 10.1. The Morgan fingerprint density at radius 1 is 1.20 bits per heavy atom. The van der Waals surface area contributed by atoms with Gasteiger partial charge in [0.1, 0.15) is 4.99 Å². The van der Waals surface area contributed by atoms with Crippen LogP contribution in [0.1, 0.15) is 18.4 Å². The van der Waals surface area contributed by atoms with Gasteiger partial charge in [-0.05, 0) is 12.8 Å². The van der Waals surface area contributed by atoms with Crippen LogP contribution in [0.25, 0.3) is 0 Å². The Hall–Kier alpha value is -1.42. The predicted octanol–water partition coefficient (Wildman–Crippen LogP) is 1.39. The molecule has 0 spiro atoms. The fourth-order valence-electron chi connectivity index (χ4n) is 1.23. The van der Waals surface area contributed by atoms with Crippen molar-refractivity contribution in [3.8, 4) is 0 Å². The van der Waals surface area contributed by atoms with Gasteiger partial charge >= 0.3 is 0 Å². The van der Waals surface area contributed by atoms with Crippen LogP contribution in [-0.2, 0) is 4.79 Å². The van der Waals surface area contributed by atoms with Crippen LogP contribution in [0.4, 0.5) is 0 Å². The molecule has 0 aliphatic heterocycles. The van der Waals surface area contributed by atoms with E-state index in [0.717, 1.165) is 18.4 Å². The number of amides is 1. The Labute approximate surface area is 93.8 Å². The molecule has 0 saturated heterocycles. The minimum Gasteiger partial charge on any atom is -0.288 e. The maximum absolute atomic E-state index is 11.3. The summed E-state index contributed by atoms with van der Waals surface area (Å²) in [4.78, 5) is 11.9. The Morgan fingerprint density at radius 3 is 2.47 bits per heavy atom. The third-order valence-electron chi connectivity index (χ3n) is 2.28. The molecule has 0 bridgehead atoms. The minimum absolute atomic E-state index is 0.0354. The highest BCUT2D eigenvalue weighted by Gasteiger charge is 2.29. The molecular formula is C11H12N2OS. The van der Waals surface area contributed by atoms with Gasteiger partial charge in [-0.25, -0.2) is 0 Å². The summed E-state index contributed by atoms with van der Waals surface area (Å²) in [6.07, 6.45) is 1.98. The number of benzene rings is 1. The number of carbonyl (C=O) groups excluding carboxylic acids is 1. The maximum Gasteiger partial charge on any atom is 0.241 e. The number of thiocarbonyl (C=S) groups is 1. The van der Waals surface area contributed by atoms with Crippen molar-refractivity contribution in [2.75, 3.05) is 0 Å². The quantitative estimate of drug-likeness (QED) is 0.584. The van der Waals surface area contributed by atoms with E-state index in [9.17, 15) is 4.79 Å². The van der Waals surface area contributed by atoms with E-state index in [4.69, 9.17) is 12.2 Å². The Balaban J connectivity index is 1.84. The van der Waals surface area contributed by atoms with Crippen molar-refractivity contribution in [1.82, 2.24) is 10.9 Å². The summed E-state index contributed by atoms with van der Waals surface area (Å²) in [7, 11) is 0. The largest absolute Gasteiger partial charge is 0.288 e. The van der Waals surface area contributed by atoms with Crippen molar-refractivity contribution in [3.63, 3.8) is 0 Å². The van der Waals surface area contributed by atoms with E-state index in [-0.39, 0.29) is 11.8 Å². The van der Waals surface area contributed by atoms with Crippen molar-refractivity contribution in [1.29, 1.82) is 0 Å². The van der Waals surface area contributed by atoms with Crippen LogP contribution in [-0.4, -0.2) is 10.9 Å². The van der Waals surface area contributed by atoms with Gasteiger partial charge in [-0.3, -0.25) is 15.6 Å². The number of carbonyl (C=O) groups is 1. The average molecular weight is 220 g/mol. The molecule has 2 rings (SSSR count). The number of nitrogens with one attached hydrogen (secondary N) is 2. The van der Waals surface area contributed by atoms with Gasteiger partial charge in [0.15, 0.2) is 0 Å². The fourth-order valence-corrected chi connectivity index (χ4v) is 1.41. The van der Waals surface area contributed by atoms with Gasteiger partial charge in [0.25, 0.3) is 0 Å². The highest BCUT2D eigenvalue weighted by Crippen LogP contribution is 2.28. The zero-order valence-corrected chi connectivity index (χ0v) is 9.01. The lowest BCUT2D eigenvalue weighted by Gasteiger charge is -2.08. The lowest BCUT2D eigenvalue weighted by Crippen LogP contribution is -2.41. The molecule has 1 aliphatic carbocycles. The smallest absolute Gasteiger partial charge is 0.241 e. The number of hydrogen-bond donors (Lipinski definition) is 2. The van der Waals surface area contributed by atoms with Gasteiger partial charge < -0.3 is 0 Å². The Kier molecular flexibility index (Phi) is 2.97. The molecule has 78 valence electrons. The molecule has 0 radical (unpaired) electrons. The van der Waals surface area contributed by atoms with Crippen LogP contribution < -0.4 is 10.9 Å². The van der Waals surface area contributed by atoms with Crippen LogP contribution in [0.5, 0.6) is 0 Å². The summed E-state index contributed by atoms with van der Waals surface area (Å²) in [6, 6.07) is 9.55. The SMILES string of the molecule is O=C(NNC(=S)c1ccccc1)C1CC1. The molecule has 0 heterocycles. The Bertz CT molecular complexity index is 373. The summed E-state index contributed by atoms with van der Waals surface area (Å²) in [5.74, 6) is 0.226. The molecule has 3 nitrogen and oxygen atoms in total. The summed E-state index contributed by atoms with van der Waals surface area (Å²) >= 11 is 5.12. The summed E-state index contributed by atoms with van der Waals surface area (Å²) in [5.41, 5.74) is 6.27.